The number of nitrogens with one attached hydrogen (secondary N) is 1. The summed E-state index contributed by atoms with van der Waals surface area (Å²) in [4.78, 5) is 13.5. The van der Waals surface area contributed by atoms with Gasteiger partial charge in [-0.15, -0.1) is 11.3 Å². The van der Waals surface area contributed by atoms with E-state index < -0.39 is 6.10 Å². The molecule has 0 saturated carbocycles. The predicted octanol–water partition coefficient (Wildman–Crippen LogP) is 3.54. The summed E-state index contributed by atoms with van der Waals surface area (Å²) < 4.78 is 0. The molecule has 3 rings (SSSR count). The minimum atomic E-state index is -0.742. The van der Waals surface area contributed by atoms with Gasteiger partial charge in [0.15, 0.2) is 0 Å². The van der Waals surface area contributed by atoms with Crippen LogP contribution in [0.25, 0.3) is 0 Å². The molecule has 0 spiro atoms. The van der Waals surface area contributed by atoms with Gasteiger partial charge < -0.3 is 10.4 Å². The van der Waals surface area contributed by atoms with E-state index in [1.807, 2.05) is 18.2 Å². The van der Waals surface area contributed by atoms with Crippen molar-refractivity contribution in [1.82, 2.24) is 0 Å². The summed E-state index contributed by atoms with van der Waals surface area (Å²) >= 11 is 7.82. The monoisotopic (exact) mass is 307 g/mol. The zero-order valence-corrected chi connectivity index (χ0v) is 12.5. The lowest BCUT2D eigenvalue weighted by molar-refractivity contribution is -0.115. The zero-order chi connectivity index (χ0) is 14.3. The molecule has 0 saturated heterocycles. The van der Waals surface area contributed by atoms with E-state index in [2.05, 4.69) is 12.2 Å². The molecule has 3 nitrogen and oxygen atoms in total. The fraction of sp³-hybridized carbons (Fsp3) is 0.267. The van der Waals surface area contributed by atoms with Crippen molar-refractivity contribution in [2.45, 2.75) is 25.9 Å². The standard InChI is InChI=1S/C15H14ClNO2S/c1-2-9-3-4-13(20-9)15(19)10-5-8-6-14(18)17-12(8)7-11(10)16/h3-5,7,15,19H,2,6H2,1H3,(H,17,18). The molecule has 0 fully saturated rings. The Morgan fingerprint density at radius 2 is 2.25 bits per heavy atom. The molecule has 1 aliphatic rings. The van der Waals surface area contributed by atoms with Crippen molar-refractivity contribution in [1.29, 1.82) is 0 Å². The quantitative estimate of drug-likeness (QED) is 0.911. The average molecular weight is 308 g/mol. The predicted molar refractivity (Wildman–Crippen MR) is 81.5 cm³/mol. The van der Waals surface area contributed by atoms with Crippen LogP contribution in [-0.2, 0) is 17.6 Å². The molecule has 0 bridgehead atoms. The lowest BCUT2D eigenvalue weighted by Gasteiger charge is -2.13. The maximum absolute atomic E-state index is 11.4. The molecule has 1 aromatic heterocycles. The van der Waals surface area contributed by atoms with Crippen LogP contribution in [0.4, 0.5) is 5.69 Å². The molecule has 104 valence electrons. The van der Waals surface area contributed by atoms with Gasteiger partial charge in [-0.3, -0.25) is 4.79 Å². The van der Waals surface area contributed by atoms with Crippen LogP contribution in [0, 0.1) is 0 Å². The number of carbonyl (C=O) groups is 1. The number of aliphatic hydroxyl groups is 1. The van der Waals surface area contributed by atoms with Gasteiger partial charge in [-0.05, 0) is 36.2 Å². The maximum atomic E-state index is 11.4. The number of aliphatic hydroxyl groups excluding tert-OH is 1. The summed E-state index contributed by atoms with van der Waals surface area (Å²) in [5, 5.41) is 13.7. The Kier molecular flexibility index (Phi) is 3.54. The van der Waals surface area contributed by atoms with Crippen LogP contribution in [0.15, 0.2) is 24.3 Å². The first-order chi connectivity index (χ1) is 9.58. The fourth-order valence-corrected chi connectivity index (χ4v) is 3.59. The van der Waals surface area contributed by atoms with Crippen LogP contribution in [-0.4, -0.2) is 11.0 Å². The smallest absolute Gasteiger partial charge is 0.228 e. The number of anilines is 1. The van der Waals surface area contributed by atoms with Crippen LogP contribution in [0.5, 0.6) is 0 Å². The zero-order valence-electron chi connectivity index (χ0n) is 10.9. The van der Waals surface area contributed by atoms with Gasteiger partial charge in [-0.1, -0.05) is 18.5 Å². The Hall–Kier alpha value is -1.36. The van der Waals surface area contributed by atoms with Gasteiger partial charge in [0.2, 0.25) is 5.91 Å². The molecule has 1 atom stereocenters. The number of benzene rings is 1. The number of hydrogen-bond donors (Lipinski definition) is 2. The number of halogens is 1. The van der Waals surface area contributed by atoms with Crippen molar-refractivity contribution in [2.75, 3.05) is 5.32 Å². The van der Waals surface area contributed by atoms with Gasteiger partial charge in [0.25, 0.3) is 0 Å². The molecule has 0 radical (unpaired) electrons. The van der Waals surface area contributed by atoms with Crippen molar-refractivity contribution in [3.05, 3.63) is 50.2 Å². The molecule has 1 aromatic carbocycles. The topological polar surface area (TPSA) is 49.3 Å². The highest BCUT2D eigenvalue weighted by molar-refractivity contribution is 7.12. The SMILES string of the molecule is CCc1ccc(C(O)c2cc3c(cc2Cl)NC(=O)C3)s1. The van der Waals surface area contributed by atoms with Gasteiger partial charge in [0.05, 0.1) is 6.42 Å². The van der Waals surface area contributed by atoms with Crippen molar-refractivity contribution in [3.63, 3.8) is 0 Å². The Bertz CT molecular complexity index is 681. The molecule has 2 aromatic rings. The van der Waals surface area contributed by atoms with E-state index in [-0.39, 0.29) is 5.91 Å². The summed E-state index contributed by atoms with van der Waals surface area (Å²) in [6, 6.07) is 7.50. The summed E-state index contributed by atoms with van der Waals surface area (Å²) in [6.07, 6.45) is 0.554. The van der Waals surface area contributed by atoms with Crippen molar-refractivity contribution in [2.24, 2.45) is 0 Å². The van der Waals surface area contributed by atoms with Gasteiger partial charge in [0.1, 0.15) is 6.10 Å². The number of thiophene rings is 1. The van der Waals surface area contributed by atoms with E-state index >= 15 is 0 Å². The van der Waals surface area contributed by atoms with E-state index in [1.54, 1.807) is 17.4 Å². The van der Waals surface area contributed by atoms with Gasteiger partial charge in [-0.2, -0.15) is 0 Å². The Labute approximate surface area is 126 Å². The third-order valence-corrected chi connectivity index (χ3v) is 5.05. The highest BCUT2D eigenvalue weighted by Gasteiger charge is 2.23. The average Bonchev–Trinajstić information content (AvgIpc) is 3.02. The second-order valence-electron chi connectivity index (χ2n) is 4.82. The summed E-state index contributed by atoms with van der Waals surface area (Å²) in [5.74, 6) is -0.0351. The lowest BCUT2D eigenvalue weighted by Crippen LogP contribution is -2.03. The number of fused-ring (bicyclic) bond motifs is 1. The van der Waals surface area contributed by atoms with E-state index in [0.29, 0.717) is 17.0 Å². The van der Waals surface area contributed by atoms with E-state index in [0.717, 1.165) is 22.5 Å². The molecule has 20 heavy (non-hydrogen) atoms. The van der Waals surface area contributed by atoms with Crippen molar-refractivity contribution >= 4 is 34.5 Å². The minimum absolute atomic E-state index is 0.0351. The Morgan fingerprint density at radius 1 is 1.45 bits per heavy atom. The first kappa shape index (κ1) is 13.6. The molecular weight excluding hydrogens is 294 g/mol. The van der Waals surface area contributed by atoms with Gasteiger partial charge in [0, 0.05) is 26.0 Å². The second kappa shape index (κ2) is 5.20. The largest absolute Gasteiger partial charge is 0.383 e. The van der Waals surface area contributed by atoms with Crippen LogP contribution in [0.3, 0.4) is 0 Å². The Morgan fingerprint density at radius 3 is 2.95 bits per heavy atom. The molecule has 1 amide bonds. The van der Waals surface area contributed by atoms with E-state index in [4.69, 9.17) is 11.6 Å². The second-order valence-corrected chi connectivity index (χ2v) is 6.42. The summed E-state index contributed by atoms with van der Waals surface area (Å²) in [6.45, 7) is 2.08. The van der Waals surface area contributed by atoms with E-state index in [9.17, 15) is 9.90 Å². The molecule has 5 heteroatoms. The van der Waals surface area contributed by atoms with Crippen molar-refractivity contribution in [3.8, 4) is 0 Å². The molecule has 2 N–H and O–H groups in total. The summed E-state index contributed by atoms with van der Waals surface area (Å²) in [7, 11) is 0. The van der Waals surface area contributed by atoms with E-state index in [1.165, 1.54) is 4.88 Å². The first-order valence-corrected chi connectivity index (χ1v) is 7.66. The van der Waals surface area contributed by atoms with Crippen LogP contribution < -0.4 is 5.32 Å². The first-order valence-electron chi connectivity index (χ1n) is 6.47. The van der Waals surface area contributed by atoms with Gasteiger partial charge in [-0.25, -0.2) is 0 Å². The molecular formula is C15H14ClNO2S. The highest BCUT2D eigenvalue weighted by Crippen LogP contribution is 2.37. The van der Waals surface area contributed by atoms with Crippen LogP contribution in [0.2, 0.25) is 5.02 Å². The maximum Gasteiger partial charge on any atom is 0.228 e. The number of hydrogen-bond acceptors (Lipinski definition) is 3. The van der Waals surface area contributed by atoms with Crippen molar-refractivity contribution < 1.29 is 9.90 Å². The molecule has 2 heterocycles. The number of carbonyl (C=O) groups excluding carboxylic acids is 1. The fourth-order valence-electron chi connectivity index (χ4n) is 2.36. The van der Waals surface area contributed by atoms with Gasteiger partial charge >= 0.3 is 0 Å². The van der Waals surface area contributed by atoms with Crippen LogP contribution >= 0.6 is 22.9 Å². The number of rotatable bonds is 3. The Balaban J connectivity index is 1.97. The minimum Gasteiger partial charge on any atom is -0.383 e. The van der Waals surface area contributed by atoms with Crippen LogP contribution in [0.1, 0.15) is 33.9 Å². The lowest BCUT2D eigenvalue weighted by atomic mass is 10.0. The highest BCUT2D eigenvalue weighted by atomic mass is 35.5. The molecule has 1 aliphatic heterocycles. The molecule has 0 aliphatic carbocycles. The normalized spacial score (nSPS) is 15.1. The number of aryl methyl sites for hydroxylation is 1. The third kappa shape index (κ3) is 2.35. The number of amides is 1. The summed E-state index contributed by atoms with van der Waals surface area (Å²) in [5.41, 5.74) is 2.29. The molecule has 1 unspecified atom stereocenters. The third-order valence-electron chi connectivity index (χ3n) is 3.44.